The second-order valence-electron chi connectivity index (χ2n) is 6.23. The van der Waals surface area contributed by atoms with Gasteiger partial charge in [0.2, 0.25) is 0 Å². The van der Waals surface area contributed by atoms with Crippen LogP contribution in [0.3, 0.4) is 0 Å². The van der Waals surface area contributed by atoms with Gasteiger partial charge in [0, 0.05) is 30.9 Å². The molecular weight excluding hydrogens is 348 g/mol. The Hall–Kier alpha value is -2.84. The summed E-state index contributed by atoms with van der Waals surface area (Å²) in [5.41, 5.74) is 2.43. The van der Waals surface area contributed by atoms with Crippen molar-refractivity contribution in [1.82, 2.24) is 10.6 Å². The molecule has 0 fully saturated rings. The Bertz CT molecular complexity index is 669. The zero-order valence-electron chi connectivity index (χ0n) is 15.1. The van der Waals surface area contributed by atoms with Crippen LogP contribution in [0, 0.1) is 20.2 Å². The van der Waals surface area contributed by atoms with Gasteiger partial charge >= 0.3 is 0 Å². The predicted octanol–water partition coefficient (Wildman–Crippen LogP) is 3.21. The fourth-order valence-electron chi connectivity index (χ4n) is 2.67. The minimum absolute atomic E-state index is 0.120. The largest absolute Gasteiger partial charge is 0.304 e. The Balaban J connectivity index is 1.48. The van der Waals surface area contributed by atoms with Crippen molar-refractivity contribution in [3.8, 4) is 0 Å². The monoisotopic (exact) mass is 372 g/mol. The predicted molar refractivity (Wildman–Crippen MR) is 104 cm³/mol. The van der Waals surface area contributed by atoms with Crippen molar-refractivity contribution < 1.29 is 9.85 Å². The zero-order chi connectivity index (χ0) is 19.5. The minimum atomic E-state index is -0.390. The van der Waals surface area contributed by atoms with E-state index in [4.69, 9.17) is 0 Å². The van der Waals surface area contributed by atoms with Gasteiger partial charge in [-0.3, -0.25) is 20.2 Å². The lowest BCUT2D eigenvalue weighted by molar-refractivity contribution is -0.385. The zero-order valence-corrected chi connectivity index (χ0v) is 15.1. The Kier molecular flexibility index (Phi) is 8.34. The summed E-state index contributed by atoms with van der Waals surface area (Å²) >= 11 is 0. The van der Waals surface area contributed by atoms with Gasteiger partial charge in [0.1, 0.15) is 0 Å². The maximum absolute atomic E-state index is 10.6. The van der Waals surface area contributed by atoms with E-state index < -0.39 is 9.85 Å². The molecule has 0 aliphatic heterocycles. The van der Waals surface area contributed by atoms with Gasteiger partial charge in [0.05, 0.1) is 9.85 Å². The highest BCUT2D eigenvalue weighted by Gasteiger charge is 2.04. The second-order valence-corrected chi connectivity index (χ2v) is 6.23. The summed E-state index contributed by atoms with van der Waals surface area (Å²) in [6.45, 7) is 2.46. The Labute approximate surface area is 157 Å². The lowest BCUT2D eigenvalue weighted by atomic mass is 10.1. The van der Waals surface area contributed by atoms with Crippen LogP contribution in [0.1, 0.15) is 24.0 Å². The Morgan fingerprint density at radius 1 is 0.667 bits per heavy atom. The van der Waals surface area contributed by atoms with Gasteiger partial charge in [-0.15, -0.1) is 0 Å². The lowest BCUT2D eigenvalue weighted by Crippen LogP contribution is -2.30. The van der Waals surface area contributed by atoms with E-state index in [2.05, 4.69) is 10.6 Å². The third kappa shape index (κ3) is 7.51. The van der Waals surface area contributed by atoms with E-state index in [-0.39, 0.29) is 11.4 Å². The highest BCUT2D eigenvalue weighted by atomic mass is 16.6. The maximum Gasteiger partial charge on any atom is 0.269 e. The number of nitrogens with zero attached hydrogens (tertiary/aromatic N) is 2. The maximum atomic E-state index is 10.6. The highest BCUT2D eigenvalue weighted by molar-refractivity contribution is 5.33. The van der Waals surface area contributed by atoms with Gasteiger partial charge in [-0.2, -0.15) is 0 Å². The first-order valence-corrected chi connectivity index (χ1v) is 8.94. The first-order valence-electron chi connectivity index (χ1n) is 8.94. The molecule has 2 aromatic carbocycles. The van der Waals surface area contributed by atoms with Crippen LogP contribution in [0.4, 0.5) is 11.4 Å². The van der Waals surface area contributed by atoms with Crippen molar-refractivity contribution in [1.29, 1.82) is 0 Å². The minimum Gasteiger partial charge on any atom is -0.304 e. The molecule has 0 amide bonds. The molecule has 0 aliphatic rings. The van der Waals surface area contributed by atoms with E-state index >= 15 is 0 Å². The van der Waals surface area contributed by atoms with Crippen LogP contribution < -0.4 is 10.6 Å². The van der Waals surface area contributed by atoms with Crippen LogP contribution >= 0.6 is 0 Å². The van der Waals surface area contributed by atoms with Crippen LogP contribution in [0.2, 0.25) is 0 Å². The number of hydrogen-bond acceptors (Lipinski definition) is 6. The van der Waals surface area contributed by atoms with Crippen LogP contribution in [0.25, 0.3) is 0 Å². The molecule has 144 valence electrons. The van der Waals surface area contributed by atoms with Crippen molar-refractivity contribution in [3.05, 3.63) is 79.9 Å². The Morgan fingerprint density at radius 3 is 1.37 bits per heavy atom. The van der Waals surface area contributed by atoms with Crippen LogP contribution in [0.15, 0.2) is 48.5 Å². The summed E-state index contributed by atoms with van der Waals surface area (Å²) < 4.78 is 0. The fourth-order valence-corrected chi connectivity index (χ4v) is 2.67. The van der Waals surface area contributed by atoms with E-state index in [0.29, 0.717) is 0 Å². The van der Waals surface area contributed by atoms with Crippen molar-refractivity contribution in [2.24, 2.45) is 0 Å². The molecule has 8 nitrogen and oxygen atoms in total. The van der Waals surface area contributed by atoms with Gasteiger partial charge in [0.25, 0.3) is 11.4 Å². The summed E-state index contributed by atoms with van der Waals surface area (Å²) in [6.07, 6.45) is 3.68. The molecule has 0 aromatic heterocycles. The van der Waals surface area contributed by atoms with Gasteiger partial charge < -0.3 is 10.6 Å². The van der Waals surface area contributed by atoms with E-state index in [1.807, 2.05) is 0 Å². The fraction of sp³-hybridized carbons (Fsp3) is 0.368. The number of hydrogen-bond donors (Lipinski definition) is 2. The molecule has 0 heterocycles. The van der Waals surface area contributed by atoms with Crippen LogP contribution in [-0.4, -0.2) is 29.6 Å². The molecule has 2 aromatic rings. The summed E-state index contributed by atoms with van der Waals surface area (Å²) in [4.78, 5) is 20.4. The number of nitro groups is 2. The average molecular weight is 372 g/mol. The van der Waals surface area contributed by atoms with Crippen molar-refractivity contribution in [2.75, 3.05) is 19.8 Å². The van der Waals surface area contributed by atoms with Crippen molar-refractivity contribution in [2.45, 2.75) is 25.7 Å². The average Bonchev–Trinajstić information content (AvgIpc) is 2.67. The molecule has 2 rings (SSSR count). The molecular formula is C19H24N4O4. The summed E-state index contributed by atoms with van der Waals surface area (Å²) in [7, 11) is 0. The van der Waals surface area contributed by atoms with Gasteiger partial charge in [0.15, 0.2) is 0 Å². The van der Waals surface area contributed by atoms with Gasteiger partial charge in [-0.05, 0) is 49.9 Å². The standard InChI is InChI=1S/C19H24N4O4/c24-22(25)18-9-5-16(6-10-18)3-1-13-20-15-21-14-2-4-17-7-11-19(12-8-17)23(26)27/h5-12,20-21H,1-4,13-15H2. The number of benzene rings is 2. The van der Waals surface area contributed by atoms with Gasteiger partial charge in [-0.25, -0.2) is 0 Å². The molecule has 0 atom stereocenters. The third-order valence-corrected chi connectivity index (χ3v) is 4.18. The third-order valence-electron chi connectivity index (χ3n) is 4.18. The molecule has 27 heavy (non-hydrogen) atoms. The summed E-state index contributed by atoms with van der Waals surface area (Å²) in [5, 5.41) is 27.8. The molecule has 0 unspecified atom stereocenters. The molecule has 0 saturated carbocycles. The number of rotatable bonds is 12. The van der Waals surface area contributed by atoms with E-state index in [9.17, 15) is 20.2 Å². The molecule has 0 aliphatic carbocycles. The number of nitrogens with one attached hydrogen (secondary N) is 2. The molecule has 8 heteroatoms. The quantitative estimate of drug-likeness (QED) is 0.256. The van der Waals surface area contributed by atoms with Crippen LogP contribution in [0.5, 0.6) is 0 Å². The van der Waals surface area contributed by atoms with E-state index in [1.165, 1.54) is 24.3 Å². The van der Waals surface area contributed by atoms with E-state index in [1.54, 1.807) is 24.3 Å². The summed E-state index contributed by atoms with van der Waals surface area (Å²) in [6, 6.07) is 13.3. The molecule has 0 spiro atoms. The normalized spacial score (nSPS) is 10.7. The lowest BCUT2D eigenvalue weighted by Gasteiger charge is -2.07. The molecule has 0 bridgehead atoms. The smallest absolute Gasteiger partial charge is 0.269 e. The Morgan fingerprint density at radius 2 is 1.04 bits per heavy atom. The first-order chi connectivity index (χ1) is 13.1. The number of non-ortho nitro benzene ring substituents is 2. The van der Waals surface area contributed by atoms with Gasteiger partial charge in [-0.1, -0.05) is 24.3 Å². The first kappa shape index (κ1) is 20.5. The second kappa shape index (κ2) is 11.0. The van der Waals surface area contributed by atoms with Crippen molar-refractivity contribution >= 4 is 11.4 Å². The summed E-state index contributed by atoms with van der Waals surface area (Å²) in [5.74, 6) is 0. The number of nitro benzene ring substituents is 2. The molecule has 0 radical (unpaired) electrons. The molecule has 2 N–H and O–H groups in total. The van der Waals surface area contributed by atoms with E-state index in [0.717, 1.165) is 56.6 Å². The van der Waals surface area contributed by atoms with Crippen molar-refractivity contribution in [3.63, 3.8) is 0 Å². The number of aryl methyl sites for hydroxylation is 2. The SMILES string of the molecule is O=[N+]([O-])c1ccc(CCCNCNCCCc2ccc([N+](=O)[O-])cc2)cc1. The molecule has 0 saturated heterocycles. The topological polar surface area (TPSA) is 110 Å². The highest BCUT2D eigenvalue weighted by Crippen LogP contribution is 2.13. The van der Waals surface area contributed by atoms with Crippen LogP contribution in [-0.2, 0) is 12.8 Å².